The van der Waals surface area contributed by atoms with Crippen molar-refractivity contribution in [3.8, 4) is 5.75 Å². The summed E-state index contributed by atoms with van der Waals surface area (Å²) in [6, 6.07) is 4.31. The fraction of sp³-hybridized carbons (Fsp3) is 0.429. The number of carbonyl (C=O) groups excluding carboxylic acids is 1. The highest BCUT2D eigenvalue weighted by atomic mass is 35.5. The first-order valence-electron chi connectivity index (χ1n) is 6.44. The lowest BCUT2D eigenvalue weighted by Gasteiger charge is -2.23. The van der Waals surface area contributed by atoms with Crippen molar-refractivity contribution >= 4 is 29.3 Å². The number of aliphatic carboxylic acids is 1. The molecule has 0 aliphatic rings. The van der Waals surface area contributed by atoms with Crippen molar-refractivity contribution in [2.45, 2.75) is 20.3 Å². The molecule has 116 valence electrons. The van der Waals surface area contributed by atoms with Crippen molar-refractivity contribution < 1.29 is 19.4 Å². The number of halogens is 1. The van der Waals surface area contributed by atoms with Gasteiger partial charge in [0.1, 0.15) is 5.75 Å². The van der Waals surface area contributed by atoms with E-state index in [-0.39, 0.29) is 6.54 Å². The smallest absolute Gasteiger partial charge is 0.319 e. The average molecular weight is 315 g/mol. The Morgan fingerprint density at radius 1 is 1.43 bits per heavy atom. The number of methoxy groups -OCH3 is 1. The zero-order valence-corrected chi connectivity index (χ0v) is 13.0. The van der Waals surface area contributed by atoms with Crippen LogP contribution in [0.4, 0.5) is 10.5 Å². The van der Waals surface area contributed by atoms with Crippen LogP contribution in [0.1, 0.15) is 20.3 Å². The van der Waals surface area contributed by atoms with Gasteiger partial charge in [-0.2, -0.15) is 0 Å². The number of carboxylic acid groups (broad SMARTS) is 1. The number of urea groups is 1. The van der Waals surface area contributed by atoms with E-state index >= 15 is 0 Å². The van der Waals surface area contributed by atoms with Crippen LogP contribution in [0.25, 0.3) is 0 Å². The number of hydrogen-bond donors (Lipinski definition) is 3. The lowest BCUT2D eigenvalue weighted by Crippen LogP contribution is -2.42. The SMILES string of the molecule is CCC(C)(CNC(=O)Nc1cc(Cl)ccc1OC)C(=O)O. The Bertz CT molecular complexity index is 536. The summed E-state index contributed by atoms with van der Waals surface area (Å²) in [5, 5.41) is 14.7. The fourth-order valence-electron chi connectivity index (χ4n) is 1.57. The van der Waals surface area contributed by atoms with E-state index in [4.69, 9.17) is 21.4 Å². The van der Waals surface area contributed by atoms with Gasteiger partial charge in [0.25, 0.3) is 0 Å². The van der Waals surface area contributed by atoms with Crippen molar-refractivity contribution in [1.29, 1.82) is 0 Å². The minimum Gasteiger partial charge on any atom is -0.495 e. The number of ether oxygens (including phenoxy) is 1. The summed E-state index contributed by atoms with van der Waals surface area (Å²) in [4.78, 5) is 23.0. The van der Waals surface area contributed by atoms with Crippen LogP contribution in [0.2, 0.25) is 5.02 Å². The van der Waals surface area contributed by atoms with Crippen LogP contribution < -0.4 is 15.4 Å². The highest BCUT2D eigenvalue weighted by Crippen LogP contribution is 2.27. The van der Waals surface area contributed by atoms with E-state index in [1.807, 2.05) is 0 Å². The highest BCUT2D eigenvalue weighted by molar-refractivity contribution is 6.31. The highest BCUT2D eigenvalue weighted by Gasteiger charge is 2.31. The summed E-state index contributed by atoms with van der Waals surface area (Å²) < 4.78 is 5.11. The predicted molar refractivity (Wildman–Crippen MR) is 81.1 cm³/mol. The Hall–Kier alpha value is -1.95. The molecular weight excluding hydrogens is 296 g/mol. The van der Waals surface area contributed by atoms with E-state index in [1.165, 1.54) is 7.11 Å². The van der Waals surface area contributed by atoms with Gasteiger partial charge < -0.3 is 20.5 Å². The van der Waals surface area contributed by atoms with Gasteiger partial charge in [-0.15, -0.1) is 0 Å². The van der Waals surface area contributed by atoms with Gasteiger partial charge in [-0.05, 0) is 31.5 Å². The van der Waals surface area contributed by atoms with E-state index in [9.17, 15) is 9.59 Å². The van der Waals surface area contributed by atoms with Crippen molar-refractivity contribution in [1.82, 2.24) is 5.32 Å². The molecule has 1 aromatic rings. The molecule has 6 nitrogen and oxygen atoms in total. The van der Waals surface area contributed by atoms with Crippen LogP contribution in [0.3, 0.4) is 0 Å². The molecule has 0 heterocycles. The quantitative estimate of drug-likeness (QED) is 0.753. The van der Waals surface area contributed by atoms with E-state index in [0.29, 0.717) is 22.9 Å². The summed E-state index contributed by atoms with van der Waals surface area (Å²) in [6.45, 7) is 3.36. The Kier molecular flexibility index (Phi) is 5.84. The Morgan fingerprint density at radius 3 is 2.62 bits per heavy atom. The lowest BCUT2D eigenvalue weighted by atomic mass is 9.88. The average Bonchev–Trinajstić information content (AvgIpc) is 2.44. The molecule has 0 aromatic heterocycles. The zero-order chi connectivity index (χ0) is 16.0. The summed E-state index contributed by atoms with van der Waals surface area (Å²) in [5.74, 6) is -0.489. The second-order valence-electron chi connectivity index (χ2n) is 4.87. The Labute approximate surface area is 128 Å². The first kappa shape index (κ1) is 17.1. The van der Waals surface area contributed by atoms with Gasteiger partial charge in [-0.25, -0.2) is 4.79 Å². The molecule has 1 unspecified atom stereocenters. The van der Waals surface area contributed by atoms with Gasteiger partial charge in [0.15, 0.2) is 0 Å². The molecule has 3 N–H and O–H groups in total. The maximum atomic E-state index is 11.9. The zero-order valence-electron chi connectivity index (χ0n) is 12.2. The number of carboxylic acids is 1. The topological polar surface area (TPSA) is 87.7 Å². The van der Waals surface area contributed by atoms with Crippen LogP contribution in [-0.2, 0) is 4.79 Å². The molecule has 0 spiro atoms. The van der Waals surface area contributed by atoms with Crippen LogP contribution in [0, 0.1) is 5.41 Å². The summed E-state index contributed by atoms with van der Waals surface area (Å²) in [7, 11) is 1.48. The number of hydrogen-bond acceptors (Lipinski definition) is 3. The van der Waals surface area contributed by atoms with Gasteiger partial charge in [0.05, 0.1) is 18.2 Å². The lowest BCUT2D eigenvalue weighted by molar-refractivity contribution is -0.147. The number of benzene rings is 1. The first-order chi connectivity index (χ1) is 9.82. The minimum absolute atomic E-state index is 0.0214. The van der Waals surface area contributed by atoms with Gasteiger partial charge in [0, 0.05) is 11.6 Å². The molecule has 0 aliphatic heterocycles. The molecule has 1 rings (SSSR count). The first-order valence-corrected chi connectivity index (χ1v) is 6.82. The Morgan fingerprint density at radius 2 is 2.10 bits per heavy atom. The van der Waals surface area contributed by atoms with Crippen molar-refractivity contribution in [3.63, 3.8) is 0 Å². The fourth-order valence-corrected chi connectivity index (χ4v) is 1.74. The number of amides is 2. The van der Waals surface area contributed by atoms with Crippen molar-refractivity contribution in [2.24, 2.45) is 5.41 Å². The van der Waals surface area contributed by atoms with E-state index < -0.39 is 17.4 Å². The molecule has 0 aliphatic carbocycles. The summed E-state index contributed by atoms with van der Waals surface area (Å²) >= 11 is 5.87. The van der Waals surface area contributed by atoms with Crippen molar-refractivity contribution in [2.75, 3.05) is 19.0 Å². The van der Waals surface area contributed by atoms with Crippen molar-refractivity contribution in [3.05, 3.63) is 23.2 Å². The number of rotatable bonds is 6. The maximum absolute atomic E-state index is 11.9. The number of anilines is 1. The molecule has 21 heavy (non-hydrogen) atoms. The van der Waals surface area contributed by atoms with Crippen LogP contribution in [-0.4, -0.2) is 30.8 Å². The summed E-state index contributed by atoms with van der Waals surface area (Å²) in [5.41, 5.74) is -0.591. The largest absolute Gasteiger partial charge is 0.495 e. The third kappa shape index (κ3) is 4.53. The van der Waals surface area contributed by atoms with E-state index in [1.54, 1.807) is 32.0 Å². The van der Waals surface area contributed by atoms with Gasteiger partial charge in [-0.3, -0.25) is 4.79 Å². The molecule has 0 saturated heterocycles. The second-order valence-corrected chi connectivity index (χ2v) is 5.31. The molecule has 1 atom stereocenters. The number of carbonyl (C=O) groups is 2. The standard InChI is InChI=1S/C14H19ClN2O4/c1-4-14(2,12(18)19)8-16-13(20)17-10-7-9(15)5-6-11(10)21-3/h5-7H,4,8H2,1-3H3,(H,18,19)(H2,16,17,20). The minimum atomic E-state index is -1.00. The van der Waals surface area contributed by atoms with E-state index in [0.717, 1.165) is 0 Å². The molecule has 0 fully saturated rings. The normalized spacial score (nSPS) is 13.1. The van der Waals surface area contributed by atoms with Gasteiger partial charge >= 0.3 is 12.0 Å². The van der Waals surface area contributed by atoms with Crippen LogP contribution >= 0.6 is 11.6 Å². The summed E-state index contributed by atoms with van der Waals surface area (Å²) in [6.07, 6.45) is 0.406. The monoisotopic (exact) mass is 314 g/mol. The molecule has 7 heteroatoms. The Balaban J connectivity index is 2.70. The molecule has 0 bridgehead atoms. The second kappa shape index (κ2) is 7.17. The molecule has 2 amide bonds. The maximum Gasteiger partial charge on any atom is 0.319 e. The molecule has 0 saturated carbocycles. The van der Waals surface area contributed by atoms with Crippen LogP contribution in [0.5, 0.6) is 5.75 Å². The predicted octanol–water partition coefficient (Wildman–Crippen LogP) is 2.97. The van der Waals surface area contributed by atoms with Gasteiger partial charge in [-0.1, -0.05) is 18.5 Å². The third-order valence-electron chi connectivity index (χ3n) is 3.35. The van der Waals surface area contributed by atoms with E-state index in [2.05, 4.69) is 10.6 Å². The molecule has 0 radical (unpaired) electrons. The van der Waals surface area contributed by atoms with Gasteiger partial charge in [0.2, 0.25) is 0 Å². The van der Waals surface area contributed by atoms with Crippen LogP contribution in [0.15, 0.2) is 18.2 Å². The molecular formula is C14H19ClN2O4. The molecule has 1 aromatic carbocycles. The number of nitrogens with one attached hydrogen (secondary N) is 2. The third-order valence-corrected chi connectivity index (χ3v) is 3.58.